The number of unbranched alkanes of at least 4 members (excludes halogenated alkanes) is 13. The topological polar surface area (TPSA) is 102 Å². The molecule has 2 atom stereocenters. The molecule has 0 saturated heterocycles. The number of ether oxygens (including phenoxy) is 3. The van der Waals surface area contributed by atoms with E-state index in [-0.39, 0.29) is 49.1 Å². The van der Waals surface area contributed by atoms with E-state index in [1.54, 1.807) is 21.1 Å². The summed E-state index contributed by atoms with van der Waals surface area (Å²) in [4.78, 5) is 36.9. The van der Waals surface area contributed by atoms with Gasteiger partial charge in [-0.3, -0.25) is 9.59 Å². The summed E-state index contributed by atoms with van der Waals surface area (Å²) in [7, 11) is 5.38. The van der Waals surface area contributed by atoms with Crippen LogP contribution in [0.2, 0.25) is 0 Å². The van der Waals surface area contributed by atoms with Crippen LogP contribution >= 0.6 is 0 Å². The first-order chi connectivity index (χ1) is 29.1. The van der Waals surface area contributed by atoms with Crippen LogP contribution in [-0.2, 0) is 28.6 Å². The summed E-state index contributed by atoms with van der Waals surface area (Å²) in [6.45, 7) is 4.45. The maximum absolute atomic E-state index is 12.7. The number of carboxylic acids is 1. The molecule has 0 aliphatic heterocycles. The van der Waals surface area contributed by atoms with Crippen molar-refractivity contribution >= 4 is 17.9 Å². The summed E-state index contributed by atoms with van der Waals surface area (Å²) in [6.07, 6.45) is 54.7. The smallest absolute Gasteiger partial charge is 0.306 e. The van der Waals surface area contributed by atoms with Crippen molar-refractivity contribution in [2.75, 3.05) is 41.0 Å². The van der Waals surface area contributed by atoms with E-state index in [9.17, 15) is 19.5 Å². The lowest BCUT2D eigenvalue weighted by atomic mass is 10.1. The van der Waals surface area contributed by atoms with Crippen LogP contribution in [0.3, 0.4) is 0 Å². The van der Waals surface area contributed by atoms with E-state index in [0.717, 1.165) is 64.2 Å². The lowest BCUT2D eigenvalue weighted by Crippen LogP contribution is -2.55. The van der Waals surface area contributed by atoms with Gasteiger partial charge in [0, 0.05) is 19.3 Å². The van der Waals surface area contributed by atoms with Crippen LogP contribution in [0, 0.1) is 0 Å². The highest BCUT2D eigenvalue weighted by molar-refractivity contribution is 5.70. The number of esters is 2. The molecule has 0 radical (unpaired) electrons. The third-order valence-electron chi connectivity index (χ3n) is 10.0. The van der Waals surface area contributed by atoms with Crippen molar-refractivity contribution in [2.45, 2.75) is 187 Å². The third kappa shape index (κ3) is 39.9. The van der Waals surface area contributed by atoms with Crippen LogP contribution < -0.4 is 5.11 Å². The molecule has 0 N–H and O–H groups in total. The van der Waals surface area contributed by atoms with E-state index in [1.165, 1.54) is 70.6 Å². The Morgan fingerprint density at radius 3 is 1.43 bits per heavy atom. The van der Waals surface area contributed by atoms with Gasteiger partial charge >= 0.3 is 11.9 Å². The monoisotopic (exact) mass is 838 g/mol. The Morgan fingerprint density at radius 1 is 0.517 bits per heavy atom. The molecule has 0 aliphatic carbocycles. The molecule has 0 heterocycles. The van der Waals surface area contributed by atoms with Crippen LogP contribution in [0.1, 0.15) is 174 Å². The van der Waals surface area contributed by atoms with Crippen molar-refractivity contribution < 1.29 is 38.2 Å². The van der Waals surface area contributed by atoms with Crippen molar-refractivity contribution in [2.24, 2.45) is 0 Å². The molecule has 8 heteroatoms. The Morgan fingerprint density at radius 2 is 0.950 bits per heavy atom. The van der Waals surface area contributed by atoms with Gasteiger partial charge in [0.05, 0.1) is 40.3 Å². The number of quaternary nitrogens is 1. The molecular weight excluding hydrogens is 751 g/mol. The molecule has 0 aromatic heterocycles. The average Bonchev–Trinajstić information content (AvgIpc) is 3.21. The highest BCUT2D eigenvalue weighted by Gasteiger charge is 2.25. The van der Waals surface area contributed by atoms with Gasteiger partial charge in [-0.1, -0.05) is 157 Å². The van der Waals surface area contributed by atoms with E-state index in [2.05, 4.69) is 98.9 Å². The molecule has 0 aromatic rings. The largest absolute Gasteiger partial charge is 0.544 e. The van der Waals surface area contributed by atoms with Gasteiger partial charge in [0.1, 0.15) is 12.6 Å². The van der Waals surface area contributed by atoms with Crippen molar-refractivity contribution in [1.82, 2.24) is 0 Å². The predicted octanol–water partition coefficient (Wildman–Crippen LogP) is 12.0. The Balaban J connectivity index is 4.40. The predicted molar refractivity (Wildman–Crippen MR) is 249 cm³/mol. The minimum atomic E-state index is -1.14. The van der Waals surface area contributed by atoms with E-state index in [4.69, 9.17) is 14.2 Å². The first-order valence-electron chi connectivity index (χ1n) is 23.6. The van der Waals surface area contributed by atoms with Crippen molar-refractivity contribution in [3.05, 3.63) is 85.1 Å². The molecule has 0 fully saturated rings. The molecule has 0 aromatic carbocycles. The number of nitrogens with zero attached hydrogens (tertiary/aromatic N) is 1. The number of hydrogen-bond donors (Lipinski definition) is 0. The van der Waals surface area contributed by atoms with Crippen molar-refractivity contribution in [3.63, 3.8) is 0 Å². The molecular formula is C52H87NO7. The maximum Gasteiger partial charge on any atom is 0.306 e. The Hall–Kier alpha value is -3.49. The molecule has 2 unspecified atom stereocenters. The molecule has 0 rings (SSSR count). The first kappa shape index (κ1) is 56.5. The van der Waals surface area contributed by atoms with Crippen molar-refractivity contribution in [3.8, 4) is 0 Å². The minimum Gasteiger partial charge on any atom is -0.544 e. The molecule has 0 saturated carbocycles. The SMILES string of the molecule is CC/C=C\C/C=C\C/C=C\C/C=C\C/C=C\CCCC(=O)OC(COCCC(C(=O)[O-])[N+](C)(C)C)COC(=O)CCCCCCCCCCC/C=C\C/C=C\CCCCC. The minimum absolute atomic E-state index is 0.0122. The third-order valence-corrected chi connectivity index (χ3v) is 10.0. The molecule has 0 spiro atoms. The highest BCUT2D eigenvalue weighted by atomic mass is 16.6. The van der Waals surface area contributed by atoms with Crippen LogP contribution in [-0.4, -0.2) is 75.5 Å². The lowest BCUT2D eigenvalue weighted by Gasteiger charge is -2.34. The van der Waals surface area contributed by atoms with Gasteiger partial charge in [0.25, 0.3) is 0 Å². The standard InChI is InChI=1S/C52H87NO7/c1-6-8-10-12-14-16-18-20-22-24-25-27-28-30-32-34-36-38-40-42-50(54)59-47-48(46-58-45-44-49(52(56)57)53(3,4)5)60-51(55)43-41-39-37-35-33-31-29-26-23-21-19-17-15-13-11-9-7-2/h9,11,14-17,20-23,29,31,35,37,48-49H,6-8,10,12-13,18-19,24-28,30,32-34,36,38-47H2,1-5H3/b11-9-,16-14-,17-15-,22-20-,23-21-,31-29-,37-35-. The molecule has 0 amide bonds. The van der Waals surface area contributed by atoms with Crippen LogP contribution in [0.5, 0.6) is 0 Å². The van der Waals surface area contributed by atoms with Gasteiger partial charge in [0.15, 0.2) is 6.10 Å². The summed E-state index contributed by atoms with van der Waals surface area (Å²) < 4.78 is 17.1. The van der Waals surface area contributed by atoms with Gasteiger partial charge in [-0.15, -0.1) is 0 Å². The normalized spacial score (nSPS) is 13.7. The summed E-state index contributed by atoms with van der Waals surface area (Å²) in [5.41, 5.74) is 0. The van der Waals surface area contributed by atoms with Gasteiger partial charge in [-0.25, -0.2) is 0 Å². The van der Waals surface area contributed by atoms with E-state index in [1.807, 2.05) is 0 Å². The number of likely N-dealkylation sites (N-methyl/N-ethyl adjacent to an activating group) is 1. The quantitative estimate of drug-likeness (QED) is 0.0261. The second kappa shape index (κ2) is 42.2. The van der Waals surface area contributed by atoms with Gasteiger partial charge in [0.2, 0.25) is 0 Å². The van der Waals surface area contributed by atoms with E-state index >= 15 is 0 Å². The lowest BCUT2D eigenvalue weighted by molar-refractivity contribution is -0.889. The highest BCUT2D eigenvalue weighted by Crippen LogP contribution is 2.13. The summed E-state index contributed by atoms with van der Waals surface area (Å²) >= 11 is 0. The molecule has 342 valence electrons. The van der Waals surface area contributed by atoms with Gasteiger partial charge in [-0.05, 0) is 83.5 Å². The zero-order valence-corrected chi connectivity index (χ0v) is 38.8. The van der Waals surface area contributed by atoms with E-state index < -0.39 is 18.1 Å². The molecule has 0 bridgehead atoms. The van der Waals surface area contributed by atoms with Crippen LogP contribution in [0.4, 0.5) is 0 Å². The summed E-state index contributed by atoms with van der Waals surface area (Å²) in [5.74, 6) is -1.82. The Kier molecular flexibility index (Phi) is 39.8. The van der Waals surface area contributed by atoms with Crippen molar-refractivity contribution in [1.29, 1.82) is 0 Å². The summed E-state index contributed by atoms with van der Waals surface area (Å²) in [6, 6.07) is -0.741. The number of allylic oxidation sites excluding steroid dienone is 14. The number of hydrogen-bond acceptors (Lipinski definition) is 7. The number of aliphatic carboxylic acids is 1. The second-order valence-corrected chi connectivity index (χ2v) is 16.6. The van der Waals surface area contributed by atoms with Gasteiger partial charge < -0.3 is 28.6 Å². The number of rotatable bonds is 41. The second-order valence-electron chi connectivity index (χ2n) is 16.6. The molecule has 60 heavy (non-hydrogen) atoms. The number of carbonyl (C=O) groups is 3. The zero-order valence-electron chi connectivity index (χ0n) is 38.8. The van der Waals surface area contributed by atoms with Gasteiger partial charge in [-0.2, -0.15) is 0 Å². The fourth-order valence-corrected chi connectivity index (χ4v) is 6.37. The maximum atomic E-state index is 12.7. The first-order valence-corrected chi connectivity index (χ1v) is 23.6. The van der Waals surface area contributed by atoms with E-state index in [0.29, 0.717) is 12.8 Å². The Labute approximate surface area is 367 Å². The number of carbonyl (C=O) groups excluding carboxylic acids is 3. The average molecular weight is 838 g/mol. The summed E-state index contributed by atoms with van der Waals surface area (Å²) in [5, 5.41) is 11.6. The molecule has 8 nitrogen and oxygen atoms in total. The molecule has 0 aliphatic rings. The van der Waals surface area contributed by atoms with Crippen LogP contribution in [0.25, 0.3) is 0 Å². The Bertz CT molecular complexity index is 1250. The fraction of sp³-hybridized carbons (Fsp3) is 0.673. The zero-order chi connectivity index (χ0) is 44.2. The van der Waals surface area contributed by atoms with Crippen LogP contribution in [0.15, 0.2) is 85.1 Å². The fourth-order valence-electron chi connectivity index (χ4n) is 6.37. The number of carboxylic acid groups (broad SMARTS) is 1.